The Morgan fingerprint density at radius 1 is 1.00 bits per heavy atom. The molecule has 0 aliphatic carbocycles. The molecule has 4 nitrogen and oxygen atoms in total. The molecular weight excluding hydrogens is 340 g/mol. The van der Waals surface area contributed by atoms with E-state index in [1.807, 2.05) is 11.7 Å². The van der Waals surface area contributed by atoms with Crippen LogP contribution >= 0.6 is 11.3 Å². The number of piperidine rings is 1. The molecule has 26 heavy (non-hydrogen) atoms. The van der Waals surface area contributed by atoms with Crippen LogP contribution in [0.25, 0.3) is 31.7 Å². The molecule has 5 heteroatoms. The van der Waals surface area contributed by atoms with Crippen molar-refractivity contribution in [3.63, 3.8) is 0 Å². The molecule has 0 amide bonds. The predicted molar refractivity (Wildman–Crippen MR) is 109 cm³/mol. The maximum Gasteiger partial charge on any atom is 0.124 e. The largest absolute Gasteiger partial charge is 0.306 e. The average molecular weight is 363 g/mol. The summed E-state index contributed by atoms with van der Waals surface area (Å²) in [4.78, 5) is 7.30. The summed E-state index contributed by atoms with van der Waals surface area (Å²) in [5.74, 6) is 0.688. The van der Waals surface area contributed by atoms with Gasteiger partial charge in [0.25, 0.3) is 0 Å². The van der Waals surface area contributed by atoms with Crippen LogP contribution < -0.4 is 0 Å². The summed E-state index contributed by atoms with van der Waals surface area (Å²) in [7, 11) is 4.18. The van der Waals surface area contributed by atoms with E-state index < -0.39 is 0 Å². The Kier molecular flexibility index (Phi) is 3.80. The summed E-state index contributed by atoms with van der Waals surface area (Å²) in [5.41, 5.74) is 4.78. The molecule has 4 aromatic rings. The lowest BCUT2D eigenvalue weighted by atomic mass is 9.90. The molecule has 0 spiro atoms. The van der Waals surface area contributed by atoms with Crippen molar-refractivity contribution in [1.82, 2.24) is 19.7 Å². The number of hydrogen-bond acceptors (Lipinski definition) is 4. The number of nitrogens with zero attached hydrogens (tertiary/aromatic N) is 4. The molecule has 0 radical (unpaired) electrons. The molecule has 2 aromatic heterocycles. The van der Waals surface area contributed by atoms with Crippen molar-refractivity contribution in [2.45, 2.75) is 18.8 Å². The van der Waals surface area contributed by atoms with Gasteiger partial charge in [0.15, 0.2) is 0 Å². The normalized spacial score (nSPS) is 16.7. The highest BCUT2D eigenvalue weighted by Crippen LogP contribution is 2.35. The summed E-state index contributed by atoms with van der Waals surface area (Å²) < 4.78 is 3.16. The molecule has 0 N–H and O–H groups in total. The standard InChI is InChI=1S/C21H22N4S/c1-24-9-7-14(8-10-24)15-3-6-19-20(12-15)26-21(22-19)16-4-5-18-17(11-16)13-25(2)23-18/h3-6,11-14H,7-10H2,1-2H3. The first-order valence-electron chi connectivity index (χ1n) is 9.18. The topological polar surface area (TPSA) is 34.0 Å². The van der Waals surface area contributed by atoms with Gasteiger partial charge in [-0.2, -0.15) is 5.10 Å². The molecule has 1 saturated heterocycles. The fourth-order valence-electron chi connectivity index (χ4n) is 3.94. The van der Waals surface area contributed by atoms with E-state index >= 15 is 0 Å². The second-order valence-electron chi connectivity index (χ2n) is 7.40. The minimum Gasteiger partial charge on any atom is -0.306 e. The van der Waals surface area contributed by atoms with Gasteiger partial charge in [-0.05, 0) is 74.8 Å². The van der Waals surface area contributed by atoms with Crippen molar-refractivity contribution in [3.05, 3.63) is 48.2 Å². The van der Waals surface area contributed by atoms with Crippen LogP contribution in [0, 0.1) is 0 Å². The van der Waals surface area contributed by atoms with Crippen LogP contribution in [0.1, 0.15) is 24.3 Å². The number of aryl methyl sites for hydroxylation is 1. The minimum atomic E-state index is 0.688. The van der Waals surface area contributed by atoms with Gasteiger partial charge in [0.1, 0.15) is 5.01 Å². The highest BCUT2D eigenvalue weighted by Gasteiger charge is 2.19. The van der Waals surface area contributed by atoms with Crippen LogP contribution in [-0.4, -0.2) is 39.8 Å². The van der Waals surface area contributed by atoms with Crippen molar-refractivity contribution >= 4 is 32.5 Å². The number of likely N-dealkylation sites (tertiary alicyclic amines) is 1. The average Bonchev–Trinajstić information content (AvgIpc) is 3.23. The lowest BCUT2D eigenvalue weighted by molar-refractivity contribution is 0.255. The first kappa shape index (κ1) is 16.0. The van der Waals surface area contributed by atoms with E-state index in [-0.39, 0.29) is 0 Å². The van der Waals surface area contributed by atoms with E-state index in [9.17, 15) is 0 Å². The van der Waals surface area contributed by atoms with Crippen molar-refractivity contribution in [2.75, 3.05) is 20.1 Å². The van der Waals surface area contributed by atoms with Gasteiger partial charge in [-0.1, -0.05) is 6.07 Å². The summed E-state index contributed by atoms with van der Waals surface area (Å²) in [6.07, 6.45) is 4.57. The number of thiazole rings is 1. The van der Waals surface area contributed by atoms with Gasteiger partial charge in [0.2, 0.25) is 0 Å². The van der Waals surface area contributed by atoms with E-state index in [1.54, 1.807) is 11.3 Å². The minimum absolute atomic E-state index is 0.688. The van der Waals surface area contributed by atoms with Gasteiger partial charge in [-0.25, -0.2) is 4.98 Å². The summed E-state index contributed by atoms with van der Waals surface area (Å²) in [6, 6.07) is 13.3. The van der Waals surface area contributed by atoms with Gasteiger partial charge >= 0.3 is 0 Å². The Morgan fingerprint density at radius 2 is 1.81 bits per heavy atom. The smallest absolute Gasteiger partial charge is 0.124 e. The van der Waals surface area contributed by atoms with Crippen LogP contribution in [0.5, 0.6) is 0 Å². The maximum absolute atomic E-state index is 4.88. The molecule has 1 fully saturated rings. The summed E-state index contributed by atoms with van der Waals surface area (Å²) in [5, 5.41) is 6.71. The third kappa shape index (κ3) is 2.81. The van der Waals surface area contributed by atoms with Crippen molar-refractivity contribution in [3.8, 4) is 10.6 Å². The number of aromatic nitrogens is 3. The van der Waals surface area contributed by atoms with E-state index in [0.717, 1.165) is 21.4 Å². The first-order valence-corrected chi connectivity index (χ1v) is 10.0. The van der Waals surface area contributed by atoms with Crippen LogP contribution in [0.2, 0.25) is 0 Å². The molecule has 0 atom stereocenters. The lowest BCUT2D eigenvalue weighted by Crippen LogP contribution is -2.29. The third-order valence-corrected chi connectivity index (χ3v) is 6.54. The molecule has 0 saturated carbocycles. The highest BCUT2D eigenvalue weighted by molar-refractivity contribution is 7.21. The Bertz CT molecular complexity index is 1090. The van der Waals surface area contributed by atoms with Crippen molar-refractivity contribution in [2.24, 2.45) is 7.05 Å². The third-order valence-electron chi connectivity index (χ3n) is 5.47. The van der Waals surface area contributed by atoms with Crippen LogP contribution in [-0.2, 0) is 7.05 Å². The van der Waals surface area contributed by atoms with Crippen LogP contribution in [0.3, 0.4) is 0 Å². The summed E-state index contributed by atoms with van der Waals surface area (Å²) in [6.45, 7) is 2.39. The van der Waals surface area contributed by atoms with Gasteiger partial charge in [-0.3, -0.25) is 4.68 Å². The van der Waals surface area contributed by atoms with Crippen LogP contribution in [0.15, 0.2) is 42.6 Å². The van der Waals surface area contributed by atoms with Crippen LogP contribution in [0.4, 0.5) is 0 Å². The highest BCUT2D eigenvalue weighted by atomic mass is 32.1. The van der Waals surface area contributed by atoms with E-state index in [0.29, 0.717) is 5.92 Å². The SMILES string of the molecule is CN1CCC(c2ccc3nc(-c4ccc5nn(C)cc5c4)sc3c2)CC1. The molecule has 0 unspecified atom stereocenters. The maximum atomic E-state index is 4.88. The number of benzene rings is 2. The molecular formula is C21H22N4S. The van der Waals surface area contributed by atoms with Crippen molar-refractivity contribution < 1.29 is 0 Å². The Morgan fingerprint density at radius 3 is 2.65 bits per heavy atom. The van der Waals surface area contributed by atoms with Gasteiger partial charge < -0.3 is 4.90 Å². The zero-order chi connectivity index (χ0) is 17.7. The van der Waals surface area contributed by atoms with Gasteiger partial charge in [0, 0.05) is 24.2 Å². The fraction of sp³-hybridized carbons (Fsp3) is 0.333. The number of hydrogen-bond donors (Lipinski definition) is 0. The monoisotopic (exact) mass is 362 g/mol. The molecule has 0 bridgehead atoms. The van der Waals surface area contributed by atoms with E-state index in [2.05, 4.69) is 59.6 Å². The Labute approximate surface area is 157 Å². The Hall–Kier alpha value is -2.24. The number of rotatable bonds is 2. The molecule has 1 aliphatic rings. The molecule has 5 rings (SSSR count). The second kappa shape index (κ2) is 6.18. The van der Waals surface area contributed by atoms with E-state index in [4.69, 9.17) is 4.98 Å². The lowest BCUT2D eigenvalue weighted by Gasteiger charge is -2.29. The first-order chi connectivity index (χ1) is 12.7. The molecule has 132 valence electrons. The zero-order valence-corrected chi connectivity index (χ0v) is 16.0. The van der Waals surface area contributed by atoms with Crippen molar-refractivity contribution in [1.29, 1.82) is 0 Å². The van der Waals surface area contributed by atoms with E-state index in [1.165, 1.54) is 41.8 Å². The Balaban J connectivity index is 1.50. The quantitative estimate of drug-likeness (QED) is 0.520. The summed E-state index contributed by atoms with van der Waals surface area (Å²) >= 11 is 1.80. The fourth-order valence-corrected chi connectivity index (χ4v) is 4.95. The molecule has 2 aromatic carbocycles. The zero-order valence-electron chi connectivity index (χ0n) is 15.1. The molecule has 1 aliphatic heterocycles. The second-order valence-corrected chi connectivity index (χ2v) is 8.43. The van der Waals surface area contributed by atoms with Gasteiger partial charge in [-0.15, -0.1) is 11.3 Å². The number of fused-ring (bicyclic) bond motifs is 2. The predicted octanol–water partition coefficient (Wildman–Crippen LogP) is 4.66. The van der Waals surface area contributed by atoms with Gasteiger partial charge in [0.05, 0.1) is 15.7 Å². The molecule has 3 heterocycles.